The fourth-order valence-electron chi connectivity index (χ4n) is 3.87. The molecular weight excluding hydrogens is 338 g/mol. The Bertz CT molecular complexity index is 871. The molecule has 1 amide bonds. The number of aryl methyl sites for hydroxylation is 2. The normalized spacial score (nSPS) is 20.8. The highest BCUT2D eigenvalue weighted by atomic mass is 16.5. The first-order valence-electron chi connectivity index (χ1n) is 9.64. The molecule has 1 aromatic heterocycles. The monoisotopic (exact) mass is 363 g/mol. The topological polar surface area (TPSA) is 64.1 Å². The molecule has 0 spiro atoms. The molecule has 2 aromatic rings. The Morgan fingerprint density at radius 1 is 1.22 bits per heavy atom. The second-order valence-electron chi connectivity index (χ2n) is 7.44. The molecule has 5 nitrogen and oxygen atoms in total. The van der Waals surface area contributed by atoms with E-state index in [1.807, 2.05) is 32.0 Å². The van der Waals surface area contributed by atoms with E-state index in [0.29, 0.717) is 12.4 Å². The van der Waals surface area contributed by atoms with Crippen molar-refractivity contribution in [3.8, 4) is 17.1 Å². The molecule has 27 heavy (non-hydrogen) atoms. The fourth-order valence-corrected chi connectivity index (χ4v) is 3.87. The van der Waals surface area contributed by atoms with Crippen molar-refractivity contribution in [2.75, 3.05) is 6.54 Å². The van der Waals surface area contributed by atoms with Gasteiger partial charge in [-0.05, 0) is 50.8 Å². The van der Waals surface area contributed by atoms with Gasteiger partial charge in [-0.1, -0.05) is 24.3 Å². The van der Waals surface area contributed by atoms with E-state index in [1.165, 1.54) is 0 Å². The van der Waals surface area contributed by atoms with Gasteiger partial charge >= 0.3 is 0 Å². The largest absolute Gasteiger partial charge is 0.487 e. The molecule has 0 bridgehead atoms. The molecule has 2 aliphatic rings. The van der Waals surface area contributed by atoms with Gasteiger partial charge < -0.3 is 10.1 Å². The van der Waals surface area contributed by atoms with Crippen LogP contribution in [-0.4, -0.2) is 28.5 Å². The van der Waals surface area contributed by atoms with Crippen molar-refractivity contribution in [3.05, 3.63) is 53.4 Å². The lowest BCUT2D eigenvalue weighted by Gasteiger charge is -2.19. The summed E-state index contributed by atoms with van der Waals surface area (Å²) < 4.78 is 6.20. The van der Waals surface area contributed by atoms with Crippen LogP contribution >= 0.6 is 0 Å². The number of carbonyl (C=O) groups is 1. The number of fused-ring (bicyclic) bond motifs is 1. The highest BCUT2D eigenvalue weighted by molar-refractivity contribution is 5.79. The minimum Gasteiger partial charge on any atom is -0.487 e. The van der Waals surface area contributed by atoms with E-state index in [-0.39, 0.29) is 17.9 Å². The summed E-state index contributed by atoms with van der Waals surface area (Å²) in [6, 6.07) is 8.07. The van der Waals surface area contributed by atoms with Gasteiger partial charge in [-0.3, -0.25) is 4.79 Å². The van der Waals surface area contributed by atoms with Crippen molar-refractivity contribution < 1.29 is 9.53 Å². The second kappa shape index (κ2) is 7.51. The first-order valence-corrected chi connectivity index (χ1v) is 9.64. The van der Waals surface area contributed by atoms with Crippen LogP contribution in [0.3, 0.4) is 0 Å². The summed E-state index contributed by atoms with van der Waals surface area (Å²) in [5.74, 6) is 1.78. The number of aromatic nitrogens is 2. The molecule has 2 unspecified atom stereocenters. The lowest BCUT2D eigenvalue weighted by Crippen LogP contribution is -2.38. The third-order valence-corrected chi connectivity index (χ3v) is 5.20. The third-order valence-electron chi connectivity index (χ3n) is 5.20. The predicted molar refractivity (Wildman–Crippen MR) is 105 cm³/mol. The van der Waals surface area contributed by atoms with Crippen LogP contribution in [0.4, 0.5) is 0 Å². The van der Waals surface area contributed by atoms with E-state index in [9.17, 15) is 4.79 Å². The van der Waals surface area contributed by atoms with Crippen molar-refractivity contribution in [2.24, 2.45) is 5.92 Å². The number of carbonyl (C=O) groups excluding carboxylic acids is 1. The first kappa shape index (κ1) is 17.7. The number of allylic oxidation sites excluding steroid dienone is 2. The molecule has 140 valence electrons. The van der Waals surface area contributed by atoms with Gasteiger partial charge in [0.2, 0.25) is 5.91 Å². The van der Waals surface area contributed by atoms with Gasteiger partial charge in [0.05, 0.1) is 12.1 Å². The molecule has 0 saturated heterocycles. The van der Waals surface area contributed by atoms with Gasteiger partial charge in [-0.25, -0.2) is 9.97 Å². The van der Waals surface area contributed by atoms with Crippen LogP contribution in [0.2, 0.25) is 0 Å². The van der Waals surface area contributed by atoms with Gasteiger partial charge in [-0.15, -0.1) is 0 Å². The van der Waals surface area contributed by atoms with E-state index in [0.717, 1.165) is 53.9 Å². The summed E-state index contributed by atoms with van der Waals surface area (Å²) in [5, 5.41) is 3.08. The average Bonchev–Trinajstić information content (AvgIpc) is 3.09. The molecule has 5 heteroatoms. The van der Waals surface area contributed by atoms with Crippen LogP contribution in [-0.2, 0) is 11.2 Å². The van der Waals surface area contributed by atoms with E-state index >= 15 is 0 Å². The number of hydrogen-bond acceptors (Lipinski definition) is 4. The van der Waals surface area contributed by atoms with E-state index < -0.39 is 0 Å². The van der Waals surface area contributed by atoms with Gasteiger partial charge in [0.25, 0.3) is 0 Å². The Kier molecular flexibility index (Phi) is 4.92. The average molecular weight is 363 g/mol. The highest BCUT2D eigenvalue weighted by Gasteiger charge is 2.28. The highest BCUT2D eigenvalue weighted by Crippen LogP contribution is 2.37. The van der Waals surface area contributed by atoms with E-state index in [2.05, 4.69) is 33.5 Å². The van der Waals surface area contributed by atoms with E-state index in [4.69, 9.17) is 4.74 Å². The summed E-state index contributed by atoms with van der Waals surface area (Å²) in [6.45, 7) is 4.48. The Balaban J connectivity index is 1.46. The molecule has 2 heterocycles. The second-order valence-corrected chi connectivity index (χ2v) is 7.44. The number of nitrogens with zero attached hydrogens (tertiary/aromatic N) is 2. The number of nitrogens with one attached hydrogen (secondary N) is 1. The van der Waals surface area contributed by atoms with Crippen molar-refractivity contribution in [1.82, 2.24) is 15.3 Å². The van der Waals surface area contributed by atoms with Crippen molar-refractivity contribution >= 4 is 5.91 Å². The first-order chi connectivity index (χ1) is 13.1. The van der Waals surface area contributed by atoms with Crippen LogP contribution in [0.5, 0.6) is 5.75 Å². The van der Waals surface area contributed by atoms with Crippen LogP contribution in [0.1, 0.15) is 36.2 Å². The number of rotatable bonds is 4. The maximum atomic E-state index is 12.4. The summed E-state index contributed by atoms with van der Waals surface area (Å²) in [4.78, 5) is 21.5. The molecule has 1 aliphatic carbocycles. The lowest BCUT2D eigenvalue weighted by molar-refractivity contribution is -0.125. The Morgan fingerprint density at radius 2 is 2.04 bits per heavy atom. The van der Waals surface area contributed by atoms with Crippen LogP contribution in [0.15, 0.2) is 36.4 Å². The number of benzene rings is 1. The van der Waals surface area contributed by atoms with Crippen LogP contribution in [0, 0.1) is 19.8 Å². The standard InChI is InChI=1S/C22H25N3O2/c1-14-11-15(2)25-21(24-14)19-10-6-9-17-12-18(27-20(17)19)13-23-22(26)16-7-4-3-5-8-16/h3-4,6,9-11,16,18H,5,7-8,12-13H2,1-2H3,(H,23,26). The zero-order chi connectivity index (χ0) is 18.8. The maximum absolute atomic E-state index is 12.4. The molecule has 1 N–H and O–H groups in total. The van der Waals surface area contributed by atoms with Gasteiger partial charge in [-0.2, -0.15) is 0 Å². The predicted octanol–water partition coefficient (Wildman–Crippen LogP) is 3.54. The van der Waals surface area contributed by atoms with E-state index in [1.54, 1.807) is 0 Å². The fraction of sp³-hybridized carbons (Fsp3) is 0.409. The molecule has 2 atom stereocenters. The number of para-hydroxylation sites is 1. The maximum Gasteiger partial charge on any atom is 0.223 e. The van der Waals surface area contributed by atoms with Crippen LogP contribution < -0.4 is 10.1 Å². The molecular formula is C22H25N3O2. The number of amides is 1. The smallest absolute Gasteiger partial charge is 0.223 e. The summed E-state index contributed by atoms with van der Waals surface area (Å²) in [7, 11) is 0. The quantitative estimate of drug-likeness (QED) is 0.844. The van der Waals surface area contributed by atoms with Crippen molar-refractivity contribution in [1.29, 1.82) is 0 Å². The Morgan fingerprint density at radius 3 is 2.78 bits per heavy atom. The molecule has 0 radical (unpaired) electrons. The third kappa shape index (κ3) is 3.87. The molecule has 0 fully saturated rings. The lowest BCUT2D eigenvalue weighted by atomic mass is 9.93. The molecule has 4 rings (SSSR count). The van der Waals surface area contributed by atoms with Gasteiger partial charge in [0.15, 0.2) is 5.82 Å². The summed E-state index contributed by atoms with van der Waals surface area (Å²) in [5.41, 5.74) is 3.96. The van der Waals surface area contributed by atoms with Gasteiger partial charge in [0.1, 0.15) is 11.9 Å². The van der Waals surface area contributed by atoms with Crippen molar-refractivity contribution in [2.45, 2.75) is 45.6 Å². The molecule has 0 saturated carbocycles. The van der Waals surface area contributed by atoms with Gasteiger partial charge in [0, 0.05) is 23.7 Å². The number of hydrogen-bond donors (Lipinski definition) is 1. The Labute approximate surface area is 159 Å². The molecule has 1 aliphatic heterocycles. The SMILES string of the molecule is Cc1cc(C)nc(-c2cccc3c2OC(CNC(=O)C2CC=CCC2)C3)n1. The Hall–Kier alpha value is -2.69. The zero-order valence-corrected chi connectivity index (χ0v) is 15.9. The zero-order valence-electron chi connectivity index (χ0n) is 15.9. The number of ether oxygens (including phenoxy) is 1. The summed E-state index contributed by atoms with van der Waals surface area (Å²) >= 11 is 0. The minimum atomic E-state index is -0.0462. The summed E-state index contributed by atoms with van der Waals surface area (Å²) in [6.07, 6.45) is 7.76. The van der Waals surface area contributed by atoms with Crippen LogP contribution in [0.25, 0.3) is 11.4 Å². The van der Waals surface area contributed by atoms with Crippen molar-refractivity contribution in [3.63, 3.8) is 0 Å². The minimum absolute atomic E-state index is 0.0462. The molecule has 1 aromatic carbocycles.